The molecule has 0 bridgehead atoms. The number of pyridine rings is 2. The number of aryl methyl sites for hydroxylation is 3. The maximum absolute atomic E-state index is 4.65. The van der Waals surface area contributed by atoms with Gasteiger partial charge in [0.1, 0.15) is 11.6 Å². The van der Waals surface area contributed by atoms with E-state index in [2.05, 4.69) is 88.1 Å². The molecule has 1 spiro atoms. The highest BCUT2D eigenvalue weighted by atomic mass is 15.3. The van der Waals surface area contributed by atoms with E-state index in [1.165, 1.54) is 37.8 Å². The fraction of sp³-hybridized carbons (Fsp3) is 0.667. The molecular weight excluding hydrogens is 444 g/mol. The van der Waals surface area contributed by atoms with Crippen LogP contribution in [-0.2, 0) is 0 Å². The van der Waals surface area contributed by atoms with Gasteiger partial charge < -0.3 is 15.1 Å². The van der Waals surface area contributed by atoms with Gasteiger partial charge in [0.2, 0.25) is 0 Å². The Hall–Kier alpha value is -2.18. The van der Waals surface area contributed by atoms with Crippen molar-refractivity contribution >= 4 is 11.6 Å². The fourth-order valence-corrected chi connectivity index (χ4v) is 5.48. The van der Waals surface area contributed by atoms with Crippen molar-refractivity contribution in [2.45, 2.75) is 85.7 Å². The minimum absolute atomic E-state index is 0.464. The molecule has 2 unspecified atom stereocenters. The molecule has 2 aromatic heterocycles. The summed E-state index contributed by atoms with van der Waals surface area (Å²) < 4.78 is 0. The van der Waals surface area contributed by atoms with E-state index in [0.717, 1.165) is 49.2 Å². The van der Waals surface area contributed by atoms with Crippen LogP contribution in [0.25, 0.3) is 0 Å². The minimum Gasteiger partial charge on any atom is -0.355 e. The Morgan fingerprint density at radius 1 is 0.917 bits per heavy atom. The van der Waals surface area contributed by atoms with Crippen LogP contribution < -0.4 is 15.1 Å². The average Bonchev–Trinajstić information content (AvgIpc) is 3.55. The number of nitrogens with one attached hydrogen (secondary N) is 1. The third kappa shape index (κ3) is 7.42. The largest absolute Gasteiger partial charge is 0.355 e. The van der Waals surface area contributed by atoms with Crippen molar-refractivity contribution in [2.75, 3.05) is 56.6 Å². The van der Waals surface area contributed by atoms with E-state index in [1.807, 2.05) is 34.7 Å². The second kappa shape index (κ2) is 14.5. The molecule has 5 heterocycles. The predicted molar refractivity (Wildman–Crippen MR) is 156 cm³/mol. The van der Waals surface area contributed by atoms with Crippen LogP contribution in [0.15, 0.2) is 30.3 Å². The summed E-state index contributed by atoms with van der Waals surface area (Å²) in [6, 6.07) is 11.2. The summed E-state index contributed by atoms with van der Waals surface area (Å²) in [5, 5.41) is 3.27. The molecule has 0 radical (unpaired) electrons. The molecule has 3 fully saturated rings. The Kier molecular flexibility index (Phi) is 12.1. The summed E-state index contributed by atoms with van der Waals surface area (Å²) in [5.41, 5.74) is 3.99. The SMILES string of the molecule is CC.CC.CNCC1CCCN1c1cc(C)cc(C)n1.Cc1cccc(N2CCC3(CCN3C)C2)n1. The summed E-state index contributed by atoms with van der Waals surface area (Å²) in [6.45, 7) is 20.0. The van der Waals surface area contributed by atoms with Gasteiger partial charge in [0.15, 0.2) is 0 Å². The van der Waals surface area contributed by atoms with E-state index in [0.29, 0.717) is 11.6 Å². The van der Waals surface area contributed by atoms with Crippen molar-refractivity contribution in [1.82, 2.24) is 20.2 Å². The Labute approximate surface area is 221 Å². The van der Waals surface area contributed by atoms with Crippen molar-refractivity contribution < 1.29 is 0 Å². The lowest BCUT2D eigenvalue weighted by Gasteiger charge is -2.48. The van der Waals surface area contributed by atoms with E-state index in [-0.39, 0.29) is 0 Å². The molecule has 3 aliphatic rings. The van der Waals surface area contributed by atoms with E-state index in [4.69, 9.17) is 0 Å². The number of anilines is 2. The van der Waals surface area contributed by atoms with E-state index in [1.54, 1.807) is 0 Å². The molecule has 2 aromatic rings. The van der Waals surface area contributed by atoms with Crippen LogP contribution in [0, 0.1) is 20.8 Å². The molecule has 5 rings (SSSR count). The normalized spacial score (nSPS) is 22.6. The molecule has 6 nitrogen and oxygen atoms in total. The molecule has 0 amide bonds. The van der Waals surface area contributed by atoms with Crippen molar-refractivity contribution in [3.05, 3.63) is 47.3 Å². The van der Waals surface area contributed by atoms with Crippen molar-refractivity contribution in [3.8, 4) is 0 Å². The number of aromatic nitrogens is 2. The second-order valence-electron chi connectivity index (χ2n) is 9.90. The Morgan fingerprint density at radius 2 is 1.61 bits per heavy atom. The summed E-state index contributed by atoms with van der Waals surface area (Å²) >= 11 is 0. The number of rotatable bonds is 4. The highest BCUT2D eigenvalue weighted by Gasteiger charge is 2.47. The fourth-order valence-electron chi connectivity index (χ4n) is 5.48. The van der Waals surface area contributed by atoms with E-state index in [9.17, 15) is 0 Å². The first-order valence-electron chi connectivity index (χ1n) is 14.2. The van der Waals surface area contributed by atoms with Crippen LogP contribution in [0.2, 0.25) is 0 Å². The first kappa shape index (κ1) is 30.0. The van der Waals surface area contributed by atoms with Crippen molar-refractivity contribution in [3.63, 3.8) is 0 Å². The number of likely N-dealkylation sites (tertiary alicyclic amines) is 1. The molecular formula is C30H52N6. The van der Waals surface area contributed by atoms with E-state index >= 15 is 0 Å². The highest BCUT2D eigenvalue weighted by molar-refractivity contribution is 5.45. The van der Waals surface area contributed by atoms with Crippen molar-refractivity contribution in [2.24, 2.45) is 0 Å². The number of hydrogen-bond acceptors (Lipinski definition) is 6. The van der Waals surface area contributed by atoms with Gasteiger partial charge in [-0.2, -0.15) is 0 Å². The van der Waals surface area contributed by atoms with E-state index < -0.39 is 0 Å². The smallest absolute Gasteiger partial charge is 0.129 e. The summed E-state index contributed by atoms with van der Waals surface area (Å²) in [5.74, 6) is 2.30. The maximum atomic E-state index is 4.65. The van der Waals surface area contributed by atoms with Crippen LogP contribution >= 0.6 is 0 Å². The van der Waals surface area contributed by atoms with Gasteiger partial charge in [-0.25, -0.2) is 9.97 Å². The lowest BCUT2D eigenvalue weighted by molar-refractivity contribution is 0.0307. The van der Waals surface area contributed by atoms with Gasteiger partial charge in [-0.05, 0) is 90.4 Å². The van der Waals surface area contributed by atoms with Crippen molar-refractivity contribution in [1.29, 1.82) is 0 Å². The number of likely N-dealkylation sites (N-methyl/N-ethyl adjacent to an activating group) is 2. The van der Waals surface area contributed by atoms with Crippen LogP contribution in [0.4, 0.5) is 11.6 Å². The van der Waals surface area contributed by atoms with Crippen LogP contribution in [0.5, 0.6) is 0 Å². The Bertz CT molecular complexity index is 896. The minimum atomic E-state index is 0.464. The van der Waals surface area contributed by atoms with Gasteiger partial charge in [0.25, 0.3) is 0 Å². The predicted octanol–water partition coefficient (Wildman–Crippen LogP) is 5.61. The zero-order valence-electron chi connectivity index (χ0n) is 24.6. The monoisotopic (exact) mass is 496 g/mol. The molecule has 6 heteroatoms. The second-order valence-corrected chi connectivity index (χ2v) is 9.90. The molecule has 1 N–H and O–H groups in total. The summed E-state index contributed by atoms with van der Waals surface area (Å²) in [7, 11) is 4.27. The molecule has 36 heavy (non-hydrogen) atoms. The maximum Gasteiger partial charge on any atom is 0.129 e. The first-order chi connectivity index (χ1) is 17.4. The Balaban J connectivity index is 0.000000223. The van der Waals surface area contributed by atoms with Crippen LogP contribution in [-0.4, -0.2) is 73.3 Å². The first-order valence-corrected chi connectivity index (χ1v) is 14.2. The summed E-state index contributed by atoms with van der Waals surface area (Å²) in [6.07, 6.45) is 5.20. The van der Waals surface area contributed by atoms with Gasteiger partial charge in [-0.3, -0.25) is 4.90 Å². The lowest BCUT2D eigenvalue weighted by Crippen LogP contribution is -2.59. The zero-order valence-corrected chi connectivity index (χ0v) is 24.6. The van der Waals surface area contributed by atoms with Gasteiger partial charge in [0, 0.05) is 55.7 Å². The quantitative estimate of drug-likeness (QED) is 0.593. The van der Waals surface area contributed by atoms with Gasteiger partial charge in [0.05, 0.1) is 0 Å². The van der Waals surface area contributed by atoms with Gasteiger partial charge in [-0.1, -0.05) is 33.8 Å². The zero-order chi connectivity index (χ0) is 26.7. The number of nitrogens with zero attached hydrogens (tertiary/aromatic N) is 5. The third-order valence-electron chi connectivity index (χ3n) is 7.45. The highest BCUT2D eigenvalue weighted by Crippen LogP contribution is 2.38. The molecule has 202 valence electrons. The molecule has 0 aliphatic carbocycles. The lowest BCUT2D eigenvalue weighted by atomic mass is 9.85. The number of hydrogen-bond donors (Lipinski definition) is 1. The standard InChI is InChI=1S/C13H19N3.C13H21N3.2C2H6/c1-11-4-3-5-12(14-11)16-9-7-13(10-16)6-8-15(13)2;1-10-7-11(2)15-13(8-10)16-6-4-5-12(16)9-14-3;2*1-2/h3-5H,6-10H2,1-2H3;7-8,12,14H,4-6,9H2,1-3H3;2*1-2H3. The average molecular weight is 497 g/mol. The third-order valence-corrected chi connectivity index (χ3v) is 7.45. The molecule has 0 saturated carbocycles. The summed E-state index contributed by atoms with van der Waals surface area (Å²) in [4.78, 5) is 16.6. The molecule has 0 aromatic carbocycles. The van der Waals surface area contributed by atoms with Crippen LogP contribution in [0.3, 0.4) is 0 Å². The molecule has 2 atom stereocenters. The Morgan fingerprint density at radius 3 is 2.17 bits per heavy atom. The van der Waals surface area contributed by atoms with Gasteiger partial charge >= 0.3 is 0 Å². The molecule has 3 saturated heterocycles. The van der Waals surface area contributed by atoms with Gasteiger partial charge in [-0.15, -0.1) is 0 Å². The van der Waals surface area contributed by atoms with Crippen LogP contribution in [0.1, 0.15) is 70.3 Å². The molecule has 3 aliphatic heterocycles. The topological polar surface area (TPSA) is 47.5 Å².